The highest BCUT2D eigenvalue weighted by atomic mass is 32.2. The van der Waals surface area contributed by atoms with Crippen LogP contribution in [0.2, 0.25) is 0 Å². The number of nitrogens with one attached hydrogen (secondary N) is 1. The van der Waals surface area contributed by atoms with E-state index in [-0.39, 0.29) is 22.8 Å². The molecular weight excluding hydrogens is 372 g/mol. The van der Waals surface area contributed by atoms with Crippen LogP contribution >= 0.6 is 0 Å². The third-order valence-corrected chi connectivity index (χ3v) is 8.29. The van der Waals surface area contributed by atoms with Gasteiger partial charge in [-0.25, -0.2) is 0 Å². The highest BCUT2D eigenvalue weighted by Crippen LogP contribution is 2.33. The molecule has 4 atom stereocenters. The molecule has 2 N–H and O–H groups in total. The summed E-state index contributed by atoms with van der Waals surface area (Å²) in [6.07, 6.45) is 12.6. The summed E-state index contributed by atoms with van der Waals surface area (Å²) in [5, 5.41) is 14.2. The predicted octanol–water partition coefficient (Wildman–Crippen LogP) is 3.36. The molecule has 3 unspecified atom stereocenters. The lowest BCUT2D eigenvalue weighted by Crippen LogP contribution is -2.49. The minimum atomic E-state index is -0.979. The van der Waals surface area contributed by atoms with Gasteiger partial charge >= 0.3 is 0 Å². The van der Waals surface area contributed by atoms with E-state index in [0.717, 1.165) is 51.0 Å². The van der Waals surface area contributed by atoms with E-state index in [4.69, 9.17) is 4.74 Å². The number of aliphatic hydroxyl groups is 1. The Kier molecular flexibility index (Phi) is 7.90. The molecule has 0 aromatic carbocycles. The molecule has 28 heavy (non-hydrogen) atoms. The van der Waals surface area contributed by atoms with Gasteiger partial charge in [0.1, 0.15) is 11.0 Å². The van der Waals surface area contributed by atoms with E-state index in [2.05, 4.69) is 17.5 Å². The van der Waals surface area contributed by atoms with Gasteiger partial charge in [0.15, 0.2) is 0 Å². The Morgan fingerprint density at radius 2 is 1.89 bits per heavy atom. The zero-order valence-corrected chi connectivity index (χ0v) is 18.9. The summed E-state index contributed by atoms with van der Waals surface area (Å²) in [5.41, 5.74) is 0. The summed E-state index contributed by atoms with van der Waals surface area (Å²) < 4.78 is 20.5. The van der Waals surface area contributed by atoms with E-state index >= 15 is 0 Å². The average molecular weight is 413 g/mol. The van der Waals surface area contributed by atoms with Crippen molar-refractivity contribution < 1.29 is 14.4 Å². The smallest absolute Gasteiger partial charge is 0.137 e. The molecule has 5 nitrogen and oxygen atoms in total. The van der Waals surface area contributed by atoms with Gasteiger partial charge < -0.3 is 14.4 Å². The molecule has 0 bridgehead atoms. The molecule has 0 amide bonds. The summed E-state index contributed by atoms with van der Waals surface area (Å²) in [6, 6.07) is 0.638. The van der Waals surface area contributed by atoms with Crippen molar-refractivity contribution in [3.8, 4) is 0 Å². The number of nitrogens with zero attached hydrogens (tertiary/aromatic N) is 1. The van der Waals surface area contributed by atoms with Crippen molar-refractivity contribution in [1.29, 1.82) is 0 Å². The topological polar surface area (TPSA) is 67.8 Å². The van der Waals surface area contributed by atoms with Gasteiger partial charge in [-0.15, -0.1) is 4.31 Å². The first-order chi connectivity index (χ1) is 13.2. The Labute approximate surface area is 174 Å². The minimum absolute atomic E-state index is 0.191. The monoisotopic (exact) mass is 412 g/mol. The first-order valence-electron chi connectivity index (χ1n) is 11.1. The molecule has 0 aromatic heterocycles. The lowest BCUT2D eigenvalue weighted by Gasteiger charge is -2.39. The zero-order valence-electron chi connectivity index (χ0n) is 18.1. The van der Waals surface area contributed by atoms with Gasteiger partial charge in [0.2, 0.25) is 0 Å². The normalized spacial score (nSPS) is 33.8. The first-order valence-corrected chi connectivity index (χ1v) is 12.2. The fraction of sp³-hybridized carbons (Fsp3) is 0.909. The fourth-order valence-electron chi connectivity index (χ4n) is 4.38. The second-order valence-electron chi connectivity index (χ2n) is 10.00. The quantitative estimate of drug-likeness (QED) is 0.363. The Morgan fingerprint density at radius 1 is 1.21 bits per heavy atom. The van der Waals surface area contributed by atoms with Gasteiger partial charge in [-0.3, -0.25) is 5.32 Å². The number of aliphatic hydroxyl groups excluding tert-OH is 1. The van der Waals surface area contributed by atoms with E-state index in [1.54, 1.807) is 0 Å². The first kappa shape index (κ1) is 22.6. The molecule has 3 aliphatic carbocycles. The van der Waals surface area contributed by atoms with Gasteiger partial charge in [-0.2, -0.15) is 0 Å². The van der Waals surface area contributed by atoms with Crippen LogP contribution in [0.1, 0.15) is 72.1 Å². The molecule has 0 saturated heterocycles. The van der Waals surface area contributed by atoms with Crippen LogP contribution < -0.4 is 5.32 Å². The van der Waals surface area contributed by atoms with E-state index in [1.807, 2.05) is 32.1 Å². The van der Waals surface area contributed by atoms with Crippen LogP contribution in [-0.2, 0) is 16.1 Å². The van der Waals surface area contributed by atoms with Crippen LogP contribution in [0.25, 0.3) is 0 Å². The zero-order chi connectivity index (χ0) is 20.3. The van der Waals surface area contributed by atoms with Gasteiger partial charge in [-0.05, 0) is 84.0 Å². The standard InChI is InChI=1S/C22H40N2O3S/c1-22(2,3)28(26)24(4)19-12-10-17(11-13-19)21(25)23-18-6-5-7-20(14-18)27-15-16-8-9-16/h5,7,16-21,23,25H,6,8-15H2,1-4H3/t17?,18?,19?,20?,21-,28?/m0/s1. The fourth-order valence-corrected chi connectivity index (χ4v) is 5.73. The number of ether oxygens (including phenoxy) is 1. The molecule has 0 heterocycles. The highest BCUT2D eigenvalue weighted by molar-refractivity contribution is 7.90. The second-order valence-corrected chi connectivity index (χ2v) is 12.3. The molecule has 2 fully saturated rings. The SMILES string of the molecule is CN(C1CCC([C@H](O)NC2CC=CC(OCC3CC3)C2)CC1)[S+]([O-])C(C)(C)C. The summed E-state index contributed by atoms with van der Waals surface area (Å²) in [6.45, 7) is 6.97. The average Bonchev–Trinajstić information content (AvgIpc) is 3.49. The second kappa shape index (κ2) is 9.80. The van der Waals surface area contributed by atoms with Gasteiger partial charge in [0, 0.05) is 24.5 Å². The van der Waals surface area contributed by atoms with Crippen LogP contribution in [0, 0.1) is 11.8 Å². The van der Waals surface area contributed by atoms with Crippen LogP contribution in [0.4, 0.5) is 0 Å². The summed E-state index contributed by atoms with van der Waals surface area (Å²) in [4.78, 5) is 0. The molecule has 0 aliphatic heterocycles. The van der Waals surface area contributed by atoms with E-state index in [9.17, 15) is 9.66 Å². The van der Waals surface area contributed by atoms with Gasteiger partial charge in [-0.1, -0.05) is 12.2 Å². The third-order valence-electron chi connectivity index (χ3n) is 6.43. The van der Waals surface area contributed by atoms with Crippen molar-refractivity contribution in [3.63, 3.8) is 0 Å². The van der Waals surface area contributed by atoms with Crippen molar-refractivity contribution in [1.82, 2.24) is 9.62 Å². The Hall–Kier alpha value is -0.110. The molecule has 0 spiro atoms. The highest BCUT2D eigenvalue weighted by Gasteiger charge is 2.38. The van der Waals surface area contributed by atoms with Crippen LogP contribution in [0.15, 0.2) is 12.2 Å². The lowest BCUT2D eigenvalue weighted by atomic mass is 9.84. The molecule has 6 heteroatoms. The summed E-state index contributed by atoms with van der Waals surface area (Å²) in [7, 11) is 1.98. The van der Waals surface area contributed by atoms with E-state index < -0.39 is 17.6 Å². The molecule has 3 rings (SSSR count). The molecular formula is C22H40N2O3S. The summed E-state index contributed by atoms with van der Waals surface area (Å²) >= 11 is -0.979. The van der Waals surface area contributed by atoms with Gasteiger partial charge in [0.25, 0.3) is 0 Å². The maximum absolute atomic E-state index is 12.6. The van der Waals surface area contributed by atoms with E-state index in [1.165, 1.54) is 12.8 Å². The van der Waals surface area contributed by atoms with Crippen LogP contribution in [-0.4, -0.2) is 56.8 Å². The number of hydrogen-bond donors (Lipinski definition) is 2. The van der Waals surface area contributed by atoms with Crippen molar-refractivity contribution in [2.75, 3.05) is 13.7 Å². The van der Waals surface area contributed by atoms with Gasteiger partial charge in [0.05, 0.1) is 18.8 Å². The molecule has 2 saturated carbocycles. The maximum Gasteiger partial charge on any atom is 0.137 e. The molecule has 3 aliphatic rings. The van der Waals surface area contributed by atoms with Crippen molar-refractivity contribution >= 4 is 11.4 Å². The Balaban J connectivity index is 1.40. The minimum Gasteiger partial charge on any atom is -0.598 e. The molecule has 162 valence electrons. The van der Waals surface area contributed by atoms with E-state index in [0.29, 0.717) is 6.04 Å². The largest absolute Gasteiger partial charge is 0.598 e. The Morgan fingerprint density at radius 3 is 2.50 bits per heavy atom. The molecule has 0 radical (unpaired) electrons. The third kappa shape index (κ3) is 6.44. The Bertz CT molecular complexity index is 512. The van der Waals surface area contributed by atoms with Crippen molar-refractivity contribution in [2.45, 2.75) is 101 Å². The van der Waals surface area contributed by atoms with Crippen molar-refractivity contribution in [2.24, 2.45) is 11.8 Å². The van der Waals surface area contributed by atoms with Crippen LogP contribution in [0.3, 0.4) is 0 Å². The summed E-state index contributed by atoms with van der Waals surface area (Å²) in [5.74, 6) is 1.07. The predicted molar refractivity (Wildman–Crippen MR) is 115 cm³/mol. The van der Waals surface area contributed by atoms with Crippen molar-refractivity contribution in [3.05, 3.63) is 12.2 Å². The van der Waals surface area contributed by atoms with Crippen LogP contribution in [0.5, 0.6) is 0 Å². The number of hydrogen-bond acceptors (Lipinski definition) is 5. The maximum atomic E-state index is 12.6. The molecule has 0 aromatic rings. The number of rotatable bonds is 8. The lowest BCUT2D eigenvalue weighted by molar-refractivity contribution is 0.0190.